The maximum absolute atomic E-state index is 9.70. The van der Waals surface area contributed by atoms with Gasteiger partial charge in [-0.3, -0.25) is 4.90 Å². The summed E-state index contributed by atoms with van der Waals surface area (Å²) in [6, 6.07) is 26.9. The van der Waals surface area contributed by atoms with E-state index in [1.807, 2.05) is 24.3 Å². The van der Waals surface area contributed by atoms with Crippen LogP contribution in [0.1, 0.15) is 24.1 Å². The molecule has 28 heavy (non-hydrogen) atoms. The standard InChI is InChI=1S/C24H25ClN2O/c1-18-15-26(16-19-5-3-2-4-6-19)17-24(20-7-9-21(25)10-8-20)27(18)22-11-13-23(28)14-12-22/h2-14,18,24,28H,15-17H2,1H3. The Kier molecular flexibility index (Phi) is 5.56. The van der Waals surface area contributed by atoms with Crippen LogP contribution in [-0.4, -0.2) is 29.1 Å². The minimum absolute atomic E-state index is 0.217. The first-order chi connectivity index (χ1) is 13.6. The topological polar surface area (TPSA) is 26.7 Å². The zero-order chi connectivity index (χ0) is 19.5. The average molecular weight is 393 g/mol. The molecule has 144 valence electrons. The van der Waals surface area contributed by atoms with Gasteiger partial charge in [-0.1, -0.05) is 54.1 Å². The number of aromatic hydroxyl groups is 1. The molecular formula is C24H25ClN2O. The first-order valence-corrected chi connectivity index (χ1v) is 10.1. The number of piperazine rings is 1. The second-order valence-electron chi connectivity index (χ2n) is 7.52. The average Bonchev–Trinajstić information content (AvgIpc) is 2.70. The van der Waals surface area contributed by atoms with Gasteiger partial charge in [0.15, 0.2) is 0 Å². The van der Waals surface area contributed by atoms with Crippen LogP contribution in [0.4, 0.5) is 5.69 Å². The molecule has 3 nitrogen and oxygen atoms in total. The van der Waals surface area contributed by atoms with E-state index in [0.29, 0.717) is 11.8 Å². The van der Waals surface area contributed by atoms with Crippen LogP contribution in [0.25, 0.3) is 0 Å². The molecule has 1 fully saturated rings. The minimum atomic E-state index is 0.217. The number of phenols is 1. The predicted molar refractivity (Wildman–Crippen MR) is 116 cm³/mol. The van der Waals surface area contributed by atoms with E-state index in [1.54, 1.807) is 12.1 Å². The maximum Gasteiger partial charge on any atom is 0.115 e. The van der Waals surface area contributed by atoms with Crippen molar-refractivity contribution in [1.29, 1.82) is 0 Å². The number of anilines is 1. The van der Waals surface area contributed by atoms with Gasteiger partial charge in [0.1, 0.15) is 5.75 Å². The molecule has 1 aliphatic rings. The Morgan fingerprint density at radius 2 is 1.57 bits per heavy atom. The smallest absolute Gasteiger partial charge is 0.115 e. The zero-order valence-corrected chi connectivity index (χ0v) is 16.8. The van der Waals surface area contributed by atoms with Gasteiger partial charge in [0.05, 0.1) is 6.04 Å². The molecule has 0 amide bonds. The Morgan fingerprint density at radius 3 is 2.25 bits per heavy atom. The van der Waals surface area contributed by atoms with Crippen molar-refractivity contribution >= 4 is 17.3 Å². The van der Waals surface area contributed by atoms with Crippen molar-refractivity contribution < 1.29 is 5.11 Å². The summed E-state index contributed by atoms with van der Waals surface area (Å²) in [4.78, 5) is 4.99. The zero-order valence-electron chi connectivity index (χ0n) is 16.0. The summed E-state index contributed by atoms with van der Waals surface area (Å²) >= 11 is 6.13. The molecule has 0 bridgehead atoms. The first-order valence-electron chi connectivity index (χ1n) is 9.69. The molecule has 4 rings (SSSR count). The van der Waals surface area contributed by atoms with Crippen molar-refractivity contribution in [2.45, 2.75) is 25.6 Å². The van der Waals surface area contributed by atoms with Crippen molar-refractivity contribution in [2.75, 3.05) is 18.0 Å². The number of rotatable bonds is 4. The Hall–Kier alpha value is -2.49. The molecule has 3 aromatic carbocycles. The highest BCUT2D eigenvalue weighted by Crippen LogP contribution is 2.35. The predicted octanol–water partition coefficient (Wildman–Crippen LogP) is 5.50. The van der Waals surface area contributed by atoms with Crippen LogP contribution in [0.3, 0.4) is 0 Å². The van der Waals surface area contributed by atoms with E-state index in [9.17, 15) is 5.11 Å². The third kappa shape index (κ3) is 4.16. The van der Waals surface area contributed by atoms with E-state index in [-0.39, 0.29) is 6.04 Å². The van der Waals surface area contributed by atoms with Crippen molar-refractivity contribution in [2.24, 2.45) is 0 Å². The fraction of sp³-hybridized carbons (Fsp3) is 0.250. The fourth-order valence-corrected chi connectivity index (χ4v) is 4.28. The molecule has 0 saturated carbocycles. The van der Waals surface area contributed by atoms with Crippen molar-refractivity contribution in [3.05, 3.63) is 95.0 Å². The lowest BCUT2D eigenvalue weighted by molar-refractivity contribution is 0.187. The molecule has 3 aromatic rings. The lowest BCUT2D eigenvalue weighted by atomic mass is 9.97. The number of hydrogen-bond acceptors (Lipinski definition) is 3. The maximum atomic E-state index is 9.70. The molecule has 4 heteroatoms. The Bertz CT molecular complexity index is 896. The lowest BCUT2D eigenvalue weighted by Crippen LogP contribution is -2.53. The van der Waals surface area contributed by atoms with Gasteiger partial charge in [0, 0.05) is 36.4 Å². The van der Waals surface area contributed by atoms with E-state index >= 15 is 0 Å². The summed E-state index contributed by atoms with van der Waals surface area (Å²) in [6.45, 7) is 5.13. The monoisotopic (exact) mass is 392 g/mol. The third-order valence-electron chi connectivity index (χ3n) is 5.42. The van der Waals surface area contributed by atoms with Crippen LogP contribution in [0.5, 0.6) is 5.75 Å². The molecule has 2 unspecified atom stereocenters. The molecule has 1 saturated heterocycles. The summed E-state index contributed by atoms with van der Waals surface area (Å²) in [7, 11) is 0. The van der Waals surface area contributed by atoms with E-state index in [1.165, 1.54) is 11.1 Å². The summed E-state index contributed by atoms with van der Waals surface area (Å²) in [5.41, 5.74) is 3.72. The highest BCUT2D eigenvalue weighted by molar-refractivity contribution is 6.30. The van der Waals surface area contributed by atoms with Gasteiger partial charge in [0.2, 0.25) is 0 Å². The highest BCUT2D eigenvalue weighted by atomic mass is 35.5. The molecule has 1 heterocycles. The minimum Gasteiger partial charge on any atom is -0.508 e. The SMILES string of the molecule is CC1CN(Cc2ccccc2)CC(c2ccc(Cl)cc2)N1c1ccc(O)cc1. The summed E-state index contributed by atoms with van der Waals surface area (Å²) in [5, 5.41) is 10.5. The lowest BCUT2D eigenvalue weighted by Gasteiger charge is -2.47. The molecule has 0 spiro atoms. The van der Waals surface area contributed by atoms with Crippen LogP contribution in [0.15, 0.2) is 78.9 Å². The first kappa shape index (κ1) is 18.9. The van der Waals surface area contributed by atoms with Gasteiger partial charge >= 0.3 is 0 Å². The number of phenolic OH excluding ortho intramolecular Hbond substituents is 1. The molecular weight excluding hydrogens is 368 g/mol. The third-order valence-corrected chi connectivity index (χ3v) is 5.67. The van der Waals surface area contributed by atoms with Gasteiger partial charge in [-0.15, -0.1) is 0 Å². The molecule has 0 aliphatic carbocycles. The van der Waals surface area contributed by atoms with Gasteiger partial charge in [-0.2, -0.15) is 0 Å². The van der Waals surface area contributed by atoms with Crippen LogP contribution in [0, 0.1) is 0 Å². The Labute approximate surface area is 171 Å². The quantitative estimate of drug-likeness (QED) is 0.635. The molecule has 1 aliphatic heterocycles. The van der Waals surface area contributed by atoms with E-state index in [4.69, 9.17) is 11.6 Å². The molecule has 0 radical (unpaired) electrons. The van der Waals surface area contributed by atoms with Crippen molar-refractivity contribution in [3.8, 4) is 5.75 Å². The highest BCUT2D eigenvalue weighted by Gasteiger charge is 2.33. The van der Waals surface area contributed by atoms with Gasteiger partial charge in [-0.05, 0) is 54.4 Å². The van der Waals surface area contributed by atoms with Crippen LogP contribution < -0.4 is 4.90 Å². The number of nitrogens with zero attached hydrogens (tertiary/aromatic N) is 2. The molecule has 1 N–H and O–H groups in total. The van der Waals surface area contributed by atoms with E-state index < -0.39 is 0 Å². The largest absolute Gasteiger partial charge is 0.508 e. The Balaban J connectivity index is 1.65. The second-order valence-corrected chi connectivity index (χ2v) is 7.96. The van der Waals surface area contributed by atoms with E-state index in [0.717, 1.165) is 30.3 Å². The van der Waals surface area contributed by atoms with Gasteiger partial charge in [0.25, 0.3) is 0 Å². The number of hydrogen-bond donors (Lipinski definition) is 1. The second kappa shape index (κ2) is 8.26. The van der Waals surface area contributed by atoms with E-state index in [2.05, 4.69) is 59.2 Å². The van der Waals surface area contributed by atoms with Crippen LogP contribution >= 0.6 is 11.6 Å². The number of halogens is 1. The molecule has 2 atom stereocenters. The van der Waals surface area contributed by atoms with Gasteiger partial charge < -0.3 is 10.0 Å². The van der Waals surface area contributed by atoms with Crippen LogP contribution in [0.2, 0.25) is 5.02 Å². The normalized spacial score (nSPS) is 20.3. The summed E-state index contributed by atoms with van der Waals surface area (Å²) in [5.74, 6) is 0.294. The van der Waals surface area contributed by atoms with Crippen molar-refractivity contribution in [1.82, 2.24) is 4.90 Å². The Morgan fingerprint density at radius 1 is 0.893 bits per heavy atom. The molecule has 0 aromatic heterocycles. The summed E-state index contributed by atoms with van der Waals surface area (Å²) < 4.78 is 0. The van der Waals surface area contributed by atoms with Crippen LogP contribution in [-0.2, 0) is 6.54 Å². The van der Waals surface area contributed by atoms with Gasteiger partial charge in [-0.25, -0.2) is 0 Å². The van der Waals surface area contributed by atoms with Crippen molar-refractivity contribution in [3.63, 3.8) is 0 Å². The number of benzene rings is 3. The fourth-order valence-electron chi connectivity index (χ4n) is 4.16. The summed E-state index contributed by atoms with van der Waals surface area (Å²) in [6.07, 6.45) is 0.